The summed E-state index contributed by atoms with van der Waals surface area (Å²) in [6.07, 6.45) is 2.54. The summed E-state index contributed by atoms with van der Waals surface area (Å²) in [6.45, 7) is 9.33. The summed E-state index contributed by atoms with van der Waals surface area (Å²) in [5.41, 5.74) is 0. The highest BCUT2D eigenvalue weighted by Crippen LogP contribution is 2.19. The maximum Gasteiger partial charge on any atom is 0.240 e. The lowest BCUT2D eigenvalue weighted by Crippen LogP contribution is -2.57. The first kappa shape index (κ1) is 18.0. The fourth-order valence-electron chi connectivity index (χ4n) is 3.10. The molecule has 0 spiro atoms. The lowest BCUT2D eigenvalue weighted by molar-refractivity contribution is -0.118. The van der Waals surface area contributed by atoms with Gasteiger partial charge in [0.2, 0.25) is 11.0 Å². The van der Waals surface area contributed by atoms with E-state index in [9.17, 15) is 4.79 Å². The molecule has 25 heavy (non-hydrogen) atoms. The third-order valence-electron chi connectivity index (χ3n) is 4.55. The van der Waals surface area contributed by atoms with Gasteiger partial charge < -0.3 is 4.42 Å². The average Bonchev–Trinajstić information content (AvgIpc) is 3.23. The monoisotopic (exact) mass is 363 g/mol. The van der Waals surface area contributed by atoms with Crippen LogP contribution in [0.2, 0.25) is 0 Å². The Morgan fingerprint density at radius 2 is 2.08 bits per heavy atom. The Bertz CT molecular complexity index is 687. The quantitative estimate of drug-likeness (QED) is 0.848. The minimum Gasteiger partial charge on any atom is -0.468 e. The molecule has 3 heterocycles. The molecule has 2 atom stereocenters. The number of aromatic nitrogens is 2. The van der Waals surface area contributed by atoms with E-state index in [1.165, 1.54) is 11.3 Å². The fraction of sp³-hybridized carbons (Fsp3) is 0.588. The van der Waals surface area contributed by atoms with E-state index >= 15 is 0 Å². The van der Waals surface area contributed by atoms with E-state index in [1.807, 2.05) is 19.1 Å². The molecule has 1 saturated heterocycles. The number of nitrogens with one attached hydrogen (secondary N) is 1. The van der Waals surface area contributed by atoms with Crippen molar-refractivity contribution in [2.45, 2.75) is 45.8 Å². The minimum absolute atomic E-state index is 0.0302. The molecule has 7 nitrogen and oxygen atoms in total. The van der Waals surface area contributed by atoms with Crippen molar-refractivity contribution < 1.29 is 9.21 Å². The number of aryl methyl sites for hydroxylation is 1. The second kappa shape index (κ2) is 8.07. The molecule has 0 aromatic carbocycles. The smallest absolute Gasteiger partial charge is 0.240 e. The molecule has 8 heteroatoms. The summed E-state index contributed by atoms with van der Waals surface area (Å²) in [7, 11) is 0. The SMILES string of the molecule is CCc1nnc(NC(=O)CN2C[C@@H](C)N(Cc3ccco3)C[C@H]2C)s1. The Hall–Kier alpha value is -1.77. The third-order valence-corrected chi connectivity index (χ3v) is 5.53. The Balaban J connectivity index is 1.52. The van der Waals surface area contributed by atoms with Gasteiger partial charge in [0.25, 0.3) is 0 Å². The van der Waals surface area contributed by atoms with Gasteiger partial charge in [0.1, 0.15) is 10.8 Å². The van der Waals surface area contributed by atoms with Crippen molar-refractivity contribution in [1.29, 1.82) is 0 Å². The van der Waals surface area contributed by atoms with Gasteiger partial charge in [-0.15, -0.1) is 10.2 Å². The van der Waals surface area contributed by atoms with Gasteiger partial charge >= 0.3 is 0 Å². The van der Waals surface area contributed by atoms with Crippen LogP contribution in [0.3, 0.4) is 0 Å². The number of hydrogen-bond donors (Lipinski definition) is 1. The van der Waals surface area contributed by atoms with Crippen LogP contribution in [-0.2, 0) is 17.8 Å². The molecule has 1 aliphatic rings. The second-order valence-electron chi connectivity index (χ2n) is 6.54. The van der Waals surface area contributed by atoms with Crippen molar-refractivity contribution in [2.75, 3.05) is 25.0 Å². The number of furan rings is 1. The summed E-state index contributed by atoms with van der Waals surface area (Å²) in [5.74, 6) is 0.950. The van der Waals surface area contributed by atoms with E-state index in [0.717, 1.165) is 36.8 Å². The number of anilines is 1. The van der Waals surface area contributed by atoms with Gasteiger partial charge in [-0.1, -0.05) is 18.3 Å². The van der Waals surface area contributed by atoms with E-state index < -0.39 is 0 Å². The molecule has 1 aliphatic heterocycles. The normalized spacial score (nSPS) is 22.2. The van der Waals surface area contributed by atoms with Crippen LogP contribution >= 0.6 is 11.3 Å². The molecule has 1 fully saturated rings. The summed E-state index contributed by atoms with van der Waals surface area (Å²) in [5, 5.41) is 12.4. The van der Waals surface area contributed by atoms with Crippen LogP contribution in [0.5, 0.6) is 0 Å². The van der Waals surface area contributed by atoms with Gasteiger partial charge in [-0.3, -0.25) is 19.9 Å². The van der Waals surface area contributed by atoms with Crippen molar-refractivity contribution >= 4 is 22.4 Å². The van der Waals surface area contributed by atoms with Crippen LogP contribution in [0.15, 0.2) is 22.8 Å². The molecule has 2 aromatic heterocycles. The molecule has 0 saturated carbocycles. The zero-order valence-corrected chi connectivity index (χ0v) is 15.8. The zero-order chi connectivity index (χ0) is 17.8. The lowest BCUT2D eigenvalue weighted by atomic mass is 10.1. The zero-order valence-electron chi connectivity index (χ0n) is 14.9. The van der Waals surface area contributed by atoms with Crippen LogP contribution in [0.1, 0.15) is 31.5 Å². The largest absolute Gasteiger partial charge is 0.468 e. The topological polar surface area (TPSA) is 74.5 Å². The highest BCUT2D eigenvalue weighted by Gasteiger charge is 2.30. The Morgan fingerprint density at radius 1 is 1.32 bits per heavy atom. The molecule has 1 N–H and O–H groups in total. The number of amides is 1. The maximum absolute atomic E-state index is 12.3. The van der Waals surface area contributed by atoms with E-state index in [4.69, 9.17) is 4.42 Å². The molecule has 0 unspecified atom stereocenters. The van der Waals surface area contributed by atoms with Crippen LogP contribution in [0, 0.1) is 0 Å². The Kier molecular flexibility index (Phi) is 5.82. The first-order chi connectivity index (χ1) is 12.0. The van der Waals surface area contributed by atoms with E-state index in [2.05, 4.69) is 39.2 Å². The van der Waals surface area contributed by atoms with Crippen molar-refractivity contribution in [2.24, 2.45) is 0 Å². The molecular formula is C17H25N5O2S. The van der Waals surface area contributed by atoms with Gasteiger partial charge in [0, 0.05) is 25.2 Å². The second-order valence-corrected chi connectivity index (χ2v) is 7.60. The molecule has 3 rings (SSSR count). The number of piperazine rings is 1. The molecule has 1 amide bonds. The minimum atomic E-state index is -0.0302. The van der Waals surface area contributed by atoms with E-state index in [1.54, 1.807) is 6.26 Å². The molecule has 0 radical (unpaired) electrons. The molecule has 0 aliphatic carbocycles. The Labute approximate surface area is 152 Å². The van der Waals surface area contributed by atoms with E-state index in [-0.39, 0.29) is 5.91 Å². The van der Waals surface area contributed by atoms with Crippen LogP contribution < -0.4 is 5.32 Å². The van der Waals surface area contributed by atoms with Gasteiger partial charge in [0.15, 0.2) is 0 Å². The Morgan fingerprint density at radius 3 is 2.76 bits per heavy atom. The van der Waals surface area contributed by atoms with Crippen molar-refractivity contribution in [3.05, 3.63) is 29.2 Å². The van der Waals surface area contributed by atoms with Crippen molar-refractivity contribution in [3.8, 4) is 0 Å². The summed E-state index contributed by atoms with van der Waals surface area (Å²) < 4.78 is 5.46. The van der Waals surface area contributed by atoms with Crippen molar-refractivity contribution in [3.63, 3.8) is 0 Å². The predicted octanol–water partition coefficient (Wildman–Crippen LogP) is 2.23. The number of carbonyl (C=O) groups excluding carboxylic acids is 1. The molecular weight excluding hydrogens is 338 g/mol. The number of nitrogens with zero attached hydrogens (tertiary/aromatic N) is 4. The van der Waals surface area contributed by atoms with Gasteiger partial charge in [-0.25, -0.2) is 0 Å². The van der Waals surface area contributed by atoms with Crippen molar-refractivity contribution in [1.82, 2.24) is 20.0 Å². The van der Waals surface area contributed by atoms with Gasteiger partial charge in [-0.05, 0) is 32.4 Å². The van der Waals surface area contributed by atoms with Crippen LogP contribution in [0.25, 0.3) is 0 Å². The first-order valence-corrected chi connectivity index (χ1v) is 9.49. The highest BCUT2D eigenvalue weighted by atomic mass is 32.1. The maximum atomic E-state index is 12.3. The number of carbonyl (C=O) groups is 1. The standard InChI is InChI=1S/C17H25N5O2S/c1-4-16-19-20-17(25-16)18-15(23)11-22-9-12(2)21(8-13(22)3)10-14-6-5-7-24-14/h5-7,12-13H,4,8-11H2,1-3H3,(H,18,20,23)/t12-,13-/m1/s1. The van der Waals surface area contributed by atoms with Gasteiger partial charge in [0.05, 0.1) is 19.4 Å². The fourth-order valence-corrected chi connectivity index (χ4v) is 3.80. The van der Waals surface area contributed by atoms with E-state index in [0.29, 0.717) is 23.8 Å². The summed E-state index contributed by atoms with van der Waals surface area (Å²) >= 11 is 1.44. The average molecular weight is 363 g/mol. The molecule has 136 valence electrons. The number of hydrogen-bond acceptors (Lipinski definition) is 7. The number of rotatable bonds is 6. The van der Waals surface area contributed by atoms with Gasteiger partial charge in [-0.2, -0.15) is 0 Å². The molecule has 0 bridgehead atoms. The highest BCUT2D eigenvalue weighted by molar-refractivity contribution is 7.15. The molecule has 2 aromatic rings. The van der Waals surface area contributed by atoms with Crippen LogP contribution in [0.4, 0.5) is 5.13 Å². The third kappa shape index (κ3) is 4.65. The summed E-state index contributed by atoms with van der Waals surface area (Å²) in [4.78, 5) is 16.9. The predicted molar refractivity (Wildman–Crippen MR) is 97.5 cm³/mol. The van der Waals surface area contributed by atoms with Crippen LogP contribution in [-0.4, -0.2) is 57.6 Å². The summed E-state index contributed by atoms with van der Waals surface area (Å²) in [6, 6.07) is 4.59. The first-order valence-electron chi connectivity index (χ1n) is 8.68. The lowest BCUT2D eigenvalue weighted by Gasteiger charge is -2.43.